The Kier molecular flexibility index (Phi) is 4.02. The summed E-state index contributed by atoms with van der Waals surface area (Å²) in [7, 11) is 1.73. The molecule has 150 valence electrons. The molecule has 0 amide bonds. The van der Waals surface area contributed by atoms with Crippen LogP contribution in [0.25, 0.3) is 22.2 Å². The lowest BCUT2D eigenvalue weighted by Crippen LogP contribution is -2.30. The maximum Gasteiger partial charge on any atom is 0.330 e. The molecule has 3 aromatic heterocycles. The maximum absolute atomic E-state index is 12.8. The highest BCUT2D eigenvalue weighted by Crippen LogP contribution is 2.26. The molecule has 0 saturated carbocycles. The summed E-state index contributed by atoms with van der Waals surface area (Å²) in [6.07, 6.45) is 3.22. The standard InChI is InChI=1S/C19H21N7O3/c1-10-7-13-14(23-18(27)22-13)8-12(10)21-17-20-9-15-16(24-17)26(19(28)25(15)2)11-3-5-29-6-4-11/h7-9,11H,3-6H2,1-2H3,(H,20,21,24)(H2,22,23,27). The zero-order chi connectivity index (χ0) is 20.1. The van der Waals surface area contributed by atoms with Crippen LogP contribution in [0.4, 0.5) is 11.6 Å². The number of aryl methyl sites for hydroxylation is 2. The third-order valence-electron chi connectivity index (χ3n) is 5.50. The van der Waals surface area contributed by atoms with Crippen LogP contribution in [0.3, 0.4) is 0 Å². The third kappa shape index (κ3) is 2.92. The summed E-state index contributed by atoms with van der Waals surface area (Å²) in [6.45, 7) is 3.21. The molecule has 0 spiro atoms. The minimum absolute atomic E-state index is 0.0608. The van der Waals surface area contributed by atoms with Crippen LogP contribution in [0, 0.1) is 6.92 Å². The van der Waals surface area contributed by atoms with Crippen molar-refractivity contribution >= 4 is 33.8 Å². The molecule has 4 aromatic rings. The number of ether oxygens (including phenoxy) is 1. The first-order valence-corrected chi connectivity index (χ1v) is 9.52. The molecule has 1 aliphatic rings. The van der Waals surface area contributed by atoms with Gasteiger partial charge in [0.25, 0.3) is 0 Å². The van der Waals surface area contributed by atoms with E-state index in [0.29, 0.717) is 35.8 Å². The van der Waals surface area contributed by atoms with Gasteiger partial charge in [-0.25, -0.2) is 14.6 Å². The molecular formula is C19H21N7O3. The summed E-state index contributed by atoms with van der Waals surface area (Å²) in [5.41, 5.74) is 4.10. The van der Waals surface area contributed by atoms with E-state index in [1.54, 1.807) is 22.4 Å². The molecule has 0 radical (unpaired) electrons. The van der Waals surface area contributed by atoms with Gasteiger partial charge in [0.1, 0.15) is 5.52 Å². The molecule has 10 heteroatoms. The van der Waals surface area contributed by atoms with Gasteiger partial charge in [-0.05, 0) is 37.5 Å². The topological polar surface area (TPSA) is 123 Å². The van der Waals surface area contributed by atoms with Gasteiger partial charge in [-0.3, -0.25) is 9.13 Å². The normalized spacial score (nSPS) is 15.4. The van der Waals surface area contributed by atoms with Crippen LogP contribution in [0.1, 0.15) is 24.4 Å². The molecular weight excluding hydrogens is 374 g/mol. The van der Waals surface area contributed by atoms with Crippen molar-refractivity contribution in [1.29, 1.82) is 0 Å². The van der Waals surface area contributed by atoms with Crippen LogP contribution in [0.2, 0.25) is 0 Å². The predicted molar refractivity (Wildman–Crippen MR) is 109 cm³/mol. The monoisotopic (exact) mass is 395 g/mol. The first-order chi connectivity index (χ1) is 14.0. The summed E-state index contributed by atoms with van der Waals surface area (Å²) in [5.74, 6) is 0.393. The summed E-state index contributed by atoms with van der Waals surface area (Å²) in [6, 6.07) is 3.78. The number of fused-ring (bicyclic) bond motifs is 2. The Morgan fingerprint density at radius 1 is 1.17 bits per heavy atom. The van der Waals surface area contributed by atoms with Gasteiger partial charge in [-0.1, -0.05) is 0 Å². The number of H-pyrrole nitrogens is 2. The van der Waals surface area contributed by atoms with Crippen molar-refractivity contribution in [3.63, 3.8) is 0 Å². The summed E-state index contributed by atoms with van der Waals surface area (Å²) in [5, 5.41) is 3.22. The average Bonchev–Trinajstić information content (AvgIpc) is 3.18. The molecule has 1 aromatic carbocycles. The highest BCUT2D eigenvalue weighted by Gasteiger charge is 2.23. The molecule has 1 saturated heterocycles. The molecule has 5 rings (SSSR count). The van der Waals surface area contributed by atoms with E-state index in [4.69, 9.17) is 4.74 Å². The number of nitrogens with one attached hydrogen (secondary N) is 3. The van der Waals surface area contributed by atoms with Crippen molar-refractivity contribution in [3.05, 3.63) is 44.9 Å². The second-order valence-electron chi connectivity index (χ2n) is 7.37. The molecule has 4 heterocycles. The van der Waals surface area contributed by atoms with E-state index < -0.39 is 0 Å². The highest BCUT2D eigenvalue weighted by molar-refractivity contribution is 5.82. The largest absolute Gasteiger partial charge is 0.381 e. The van der Waals surface area contributed by atoms with E-state index in [2.05, 4.69) is 25.3 Å². The Morgan fingerprint density at radius 3 is 2.66 bits per heavy atom. The number of benzene rings is 1. The molecule has 29 heavy (non-hydrogen) atoms. The first-order valence-electron chi connectivity index (χ1n) is 9.52. The number of imidazole rings is 2. The highest BCUT2D eigenvalue weighted by atomic mass is 16.5. The molecule has 1 fully saturated rings. The third-order valence-corrected chi connectivity index (χ3v) is 5.50. The van der Waals surface area contributed by atoms with Gasteiger partial charge in [0.05, 0.1) is 17.2 Å². The van der Waals surface area contributed by atoms with E-state index >= 15 is 0 Å². The SMILES string of the molecule is Cc1cc2[nH]c(=O)[nH]c2cc1Nc1ncc2c(n1)n(C1CCOCC1)c(=O)n2C. The van der Waals surface area contributed by atoms with Crippen molar-refractivity contribution in [1.82, 2.24) is 29.1 Å². The second kappa shape index (κ2) is 6.59. The predicted octanol–water partition coefficient (Wildman–Crippen LogP) is 1.70. The quantitative estimate of drug-likeness (QED) is 0.485. The van der Waals surface area contributed by atoms with E-state index in [1.807, 2.05) is 19.1 Å². The van der Waals surface area contributed by atoms with E-state index in [0.717, 1.165) is 29.6 Å². The number of nitrogens with zero attached hydrogens (tertiary/aromatic N) is 4. The van der Waals surface area contributed by atoms with Gasteiger partial charge in [0.2, 0.25) is 5.95 Å². The Hall–Kier alpha value is -3.40. The zero-order valence-corrected chi connectivity index (χ0v) is 16.2. The lowest BCUT2D eigenvalue weighted by atomic mass is 10.1. The van der Waals surface area contributed by atoms with Crippen LogP contribution >= 0.6 is 0 Å². The second-order valence-corrected chi connectivity index (χ2v) is 7.37. The van der Waals surface area contributed by atoms with Crippen molar-refractivity contribution in [2.75, 3.05) is 18.5 Å². The molecule has 0 atom stereocenters. The van der Waals surface area contributed by atoms with Crippen LogP contribution < -0.4 is 16.7 Å². The fourth-order valence-corrected chi connectivity index (χ4v) is 3.91. The van der Waals surface area contributed by atoms with Gasteiger partial charge >= 0.3 is 11.4 Å². The lowest BCUT2D eigenvalue weighted by Gasteiger charge is -2.22. The number of hydrogen-bond acceptors (Lipinski definition) is 6. The molecule has 3 N–H and O–H groups in total. The fourth-order valence-electron chi connectivity index (χ4n) is 3.91. The Morgan fingerprint density at radius 2 is 1.90 bits per heavy atom. The van der Waals surface area contributed by atoms with Crippen LogP contribution in [-0.2, 0) is 11.8 Å². The molecule has 0 aliphatic carbocycles. The molecule has 0 bridgehead atoms. The van der Waals surface area contributed by atoms with Crippen molar-refractivity contribution in [2.24, 2.45) is 7.05 Å². The van der Waals surface area contributed by atoms with Crippen molar-refractivity contribution in [3.8, 4) is 0 Å². The average molecular weight is 395 g/mol. The minimum Gasteiger partial charge on any atom is -0.381 e. The maximum atomic E-state index is 12.8. The van der Waals surface area contributed by atoms with Gasteiger partial charge in [-0.2, -0.15) is 4.98 Å². The summed E-state index contributed by atoms with van der Waals surface area (Å²) < 4.78 is 8.77. The van der Waals surface area contributed by atoms with Gasteiger partial charge in [-0.15, -0.1) is 0 Å². The van der Waals surface area contributed by atoms with E-state index in [9.17, 15) is 9.59 Å². The first kappa shape index (κ1) is 17.7. The minimum atomic E-state index is -0.251. The smallest absolute Gasteiger partial charge is 0.330 e. The summed E-state index contributed by atoms with van der Waals surface area (Å²) in [4.78, 5) is 38.9. The Labute approximate surface area is 164 Å². The number of anilines is 2. The van der Waals surface area contributed by atoms with Gasteiger partial charge in [0.15, 0.2) is 5.65 Å². The number of aromatic amines is 2. The van der Waals surface area contributed by atoms with Crippen LogP contribution in [0.15, 0.2) is 27.9 Å². The van der Waals surface area contributed by atoms with Crippen LogP contribution in [-0.4, -0.2) is 42.3 Å². The Bertz CT molecular complexity index is 1340. The zero-order valence-electron chi connectivity index (χ0n) is 16.2. The van der Waals surface area contributed by atoms with Gasteiger partial charge < -0.3 is 20.0 Å². The van der Waals surface area contributed by atoms with E-state index in [1.165, 1.54) is 0 Å². The van der Waals surface area contributed by atoms with Crippen molar-refractivity contribution < 1.29 is 4.74 Å². The molecule has 10 nitrogen and oxygen atoms in total. The van der Waals surface area contributed by atoms with Crippen LogP contribution in [0.5, 0.6) is 0 Å². The molecule has 1 aliphatic heterocycles. The van der Waals surface area contributed by atoms with Crippen molar-refractivity contribution in [2.45, 2.75) is 25.8 Å². The van der Waals surface area contributed by atoms with E-state index in [-0.39, 0.29) is 17.4 Å². The Balaban J connectivity index is 1.58. The van der Waals surface area contributed by atoms with Gasteiger partial charge in [0, 0.05) is 32.0 Å². The number of rotatable bonds is 3. The summed E-state index contributed by atoms with van der Waals surface area (Å²) >= 11 is 0. The molecule has 0 unspecified atom stereocenters. The number of hydrogen-bond donors (Lipinski definition) is 3. The fraction of sp³-hybridized carbons (Fsp3) is 0.368. The number of aromatic nitrogens is 6. The lowest BCUT2D eigenvalue weighted by molar-refractivity contribution is 0.0695.